The number of rotatable bonds is 3. The number of carbonyl (C=O) groups excluding carboxylic acids is 2. The number of benzene rings is 1. The van der Waals surface area contributed by atoms with Crippen LogP contribution in [0.25, 0.3) is 0 Å². The average molecular weight is 325 g/mol. The Morgan fingerprint density at radius 2 is 2.32 bits per heavy atom. The third kappa shape index (κ3) is 3.80. The minimum atomic E-state index is 0.00217. The normalized spacial score (nSPS) is 18.8. The van der Waals surface area contributed by atoms with Crippen molar-refractivity contribution in [2.45, 2.75) is 32.2 Å². The van der Waals surface area contributed by atoms with E-state index in [0.29, 0.717) is 19.4 Å². The summed E-state index contributed by atoms with van der Waals surface area (Å²) in [4.78, 5) is 23.0. The van der Waals surface area contributed by atoms with E-state index in [1.54, 1.807) is 0 Å². The summed E-state index contributed by atoms with van der Waals surface area (Å²) in [5.74, 6) is 0.0654. The largest absolute Gasteiger partial charge is 0.354 e. The number of piperidine rings is 1. The fraction of sp³-hybridized carbons (Fsp3) is 0.429. The van der Waals surface area contributed by atoms with Crippen LogP contribution >= 0.6 is 15.9 Å². The van der Waals surface area contributed by atoms with Crippen LogP contribution in [0.15, 0.2) is 22.7 Å². The van der Waals surface area contributed by atoms with E-state index >= 15 is 0 Å². The number of amides is 2. The molecule has 0 spiro atoms. The van der Waals surface area contributed by atoms with E-state index in [1.807, 2.05) is 25.1 Å². The molecule has 1 saturated heterocycles. The van der Waals surface area contributed by atoms with Gasteiger partial charge in [-0.1, -0.05) is 28.1 Å². The van der Waals surface area contributed by atoms with E-state index in [2.05, 4.69) is 26.6 Å². The van der Waals surface area contributed by atoms with Gasteiger partial charge in [-0.05, 0) is 30.5 Å². The predicted octanol–water partition coefficient (Wildman–Crippen LogP) is 1.69. The Morgan fingerprint density at radius 1 is 1.53 bits per heavy atom. The highest BCUT2D eigenvalue weighted by molar-refractivity contribution is 9.10. The van der Waals surface area contributed by atoms with Crippen molar-refractivity contribution in [2.24, 2.45) is 0 Å². The molecule has 1 heterocycles. The quantitative estimate of drug-likeness (QED) is 0.889. The van der Waals surface area contributed by atoms with Crippen molar-refractivity contribution >= 4 is 27.7 Å². The molecule has 0 aliphatic carbocycles. The summed E-state index contributed by atoms with van der Waals surface area (Å²) in [7, 11) is 0. The zero-order valence-corrected chi connectivity index (χ0v) is 12.4. The molecule has 2 amide bonds. The second kappa shape index (κ2) is 6.19. The lowest BCUT2D eigenvalue weighted by molar-refractivity contribution is -0.125. The molecule has 1 aliphatic heterocycles. The van der Waals surface area contributed by atoms with E-state index in [-0.39, 0.29) is 17.9 Å². The van der Waals surface area contributed by atoms with Crippen LogP contribution in [0.4, 0.5) is 0 Å². The summed E-state index contributed by atoms with van der Waals surface area (Å²) >= 11 is 3.46. The second-order valence-corrected chi connectivity index (χ2v) is 5.66. The van der Waals surface area contributed by atoms with Gasteiger partial charge in [-0.2, -0.15) is 0 Å². The molecule has 0 aromatic heterocycles. The molecule has 1 aromatic rings. The summed E-state index contributed by atoms with van der Waals surface area (Å²) in [6, 6.07) is 5.91. The van der Waals surface area contributed by atoms with Gasteiger partial charge in [0.25, 0.3) is 0 Å². The lowest BCUT2D eigenvalue weighted by atomic mass is 10.0. The van der Waals surface area contributed by atoms with Crippen molar-refractivity contribution in [3.05, 3.63) is 33.8 Å². The van der Waals surface area contributed by atoms with Crippen molar-refractivity contribution in [2.75, 3.05) is 6.54 Å². The van der Waals surface area contributed by atoms with E-state index in [0.717, 1.165) is 22.0 Å². The lowest BCUT2D eigenvalue weighted by Crippen LogP contribution is -2.48. The monoisotopic (exact) mass is 324 g/mol. The first kappa shape index (κ1) is 14.1. The maximum Gasteiger partial charge on any atom is 0.224 e. The van der Waals surface area contributed by atoms with Gasteiger partial charge in [0.05, 0.1) is 6.42 Å². The van der Waals surface area contributed by atoms with Crippen LogP contribution in [0.3, 0.4) is 0 Å². The number of halogens is 1. The van der Waals surface area contributed by atoms with Crippen molar-refractivity contribution in [3.8, 4) is 0 Å². The molecule has 102 valence electrons. The van der Waals surface area contributed by atoms with Crippen molar-refractivity contribution in [3.63, 3.8) is 0 Å². The van der Waals surface area contributed by atoms with Gasteiger partial charge in [-0.15, -0.1) is 0 Å². The minimum absolute atomic E-state index is 0.00217. The van der Waals surface area contributed by atoms with Crippen LogP contribution in [-0.4, -0.2) is 24.4 Å². The molecule has 1 fully saturated rings. The number of hydrogen-bond acceptors (Lipinski definition) is 2. The Bertz CT molecular complexity index is 492. The maximum absolute atomic E-state index is 12.0. The van der Waals surface area contributed by atoms with Crippen LogP contribution < -0.4 is 10.6 Å². The van der Waals surface area contributed by atoms with Gasteiger partial charge in [-0.3, -0.25) is 9.59 Å². The number of hydrogen-bond donors (Lipinski definition) is 2. The van der Waals surface area contributed by atoms with Gasteiger partial charge in [0, 0.05) is 23.5 Å². The molecule has 0 unspecified atom stereocenters. The first-order valence-electron chi connectivity index (χ1n) is 6.36. The van der Waals surface area contributed by atoms with E-state index in [4.69, 9.17) is 0 Å². The van der Waals surface area contributed by atoms with Gasteiger partial charge in [0.2, 0.25) is 11.8 Å². The Balaban J connectivity index is 1.91. The van der Waals surface area contributed by atoms with Crippen molar-refractivity contribution < 1.29 is 9.59 Å². The Labute approximate surface area is 121 Å². The highest BCUT2D eigenvalue weighted by atomic mass is 79.9. The first-order valence-corrected chi connectivity index (χ1v) is 7.15. The molecule has 0 bridgehead atoms. The van der Waals surface area contributed by atoms with Crippen molar-refractivity contribution in [1.82, 2.24) is 10.6 Å². The molecule has 4 nitrogen and oxygen atoms in total. The van der Waals surface area contributed by atoms with Gasteiger partial charge >= 0.3 is 0 Å². The van der Waals surface area contributed by atoms with Gasteiger partial charge < -0.3 is 10.6 Å². The molecular formula is C14H17BrN2O2. The van der Waals surface area contributed by atoms with Gasteiger partial charge in [0.1, 0.15) is 0 Å². The fourth-order valence-corrected chi connectivity index (χ4v) is 2.56. The van der Waals surface area contributed by atoms with Crippen LogP contribution in [0.5, 0.6) is 0 Å². The summed E-state index contributed by atoms with van der Waals surface area (Å²) in [6.45, 7) is 2.52. The highest BCUT2D eigenvalue weighted by Crippen LogP contribution is 2.19. The van der Waals surface area contributed by atoms with Gasteiger partial charge in [-0.25, -0.2) is 0 Å². The molecule has 0 saturated carbocycles. The molecule has 0 radical (unpaired) electrons. The number of carbonyl (C=O) groups is 2. The Hall–Kier alpha value is -1.36. The second-order valence-electron chi connectivity index (χ2n) is 4.81. The minimum Gasteiger partial charge on any atom is -0.354 e. The lowest BCUT2D eigenvalue weighted by Gasteiger charge is -2.23. The average Bonchev–Trinajstić information content (AvgIpc) is 2.38. The summed E-state index contributed by atoms with van der Waals surface area (Å²) < 4.78 is 1.02. The summed E-state index contributed by atoms with van der Waals surface area (Å²) in [6.07, 6.45) is 1.58. The summed E-state index contributed by atoms with van der Waals surface area (Å²) in [5, 5.41) is 5.73. The molecule has 19 heavy (non-hydrogen) atoms. The van der Waals surface area contributed by atoms with Gasteiger partial charge in [0.15, 0.2) is 0 Å². The molecule has 1 aromatic carbocycles. The topological polar surface area (TPSA) is 58.2 Å². The Kier molecular flexibility index (Phi) is 4.58. The standard InChI is InChI=1S/C14H17BrN2O2/c1-9-10(3-2-4-12(9)15)7-14(19)17-11-5-6-13(18)16-8-11/h2-4,11H,5-8H2,1H3,(H,16,18)(H,17,19)/t11-/m1/s1. The zero-order valence-electron chi connectivity index (χ0n) is 10.8. The van der Waals surface area contributed by atoms with Crippen molar-refractivity contribution in [1.29, 1.82) is 0 Å². The zero-order chi connectivity index (χ0) is 13.8. The van der Waals surface area contributed by atoms with Crippen LogP contribution in [0.1, 0.15) is 24.0 Å². The first-order chi connectivity index (χ1) is 9.06. The van der Waals surface area contributed by atoms with Crippen LogP contribution in [0, 0.1) is 6.92 Å². The molecule has 2 rings (SSSR count). The highest BCUT2D eigenvalue weighted by Gasteiger charge is 2.19. The molecule has 1 atom stereocenters. The molecule has 2 N–H and O–H groups in total. The van der Waals surface area contributed by atoms with E-state index < -0.39 is 0 Å². The summed E-state index contributed by atoms with van der Waals surface area (Å²) in [5.41, 5.74) is 2.11. The third-order valence-corrected chi connectivity index (χ3v) is 4.22. The predicted molar refractivity (Wildman–Crippen MR) is 76.8 cm³/mol. The maximum atomic E-state index is 12.0. The van der Waals surface area contributed by atoms with E-state index in [9.17, 15) is 9.59 Å². The smallest absolute Gasteiger partial charge is 0.224 e. The fourth-order valence-electron chi connectivity index (χ4n) is 2.15. The molecule has 5 heteroatoms. The van der Waals surface area contributed by atoms with Crippen LogP contribution in [-0.2, 0) is 16.0 Å². The van der Waals surface area contributed by atoms with Crippen LogP contribution in [0.2, 0.25) is 0 Å². The number of nitrogens with one attached hydrogen (secondary N) is 2. The Morgan fingerprint density at radius 3 is 3.00 bits per heavy atom. The third-order valence-electron chi connectivity index (χ3n) is 3.36. The molecular weight excluding hydrogens is 308 g/mol. The van der Waals surface area contributed by atoms with E-state index in [1.165, 1.54) is 0 Å². The molecule has 1 aliphatic rings. The SMILES string of the molecule is Cc1c(Br)cccc1CC(=O)N[C@@H]1CCC(=O)NC1.